The van der Waals surface area contributed by atoms with Crippen LogP contribution in [0.2, 0.25) is 0 Å². The van der Waals surface area contributed by atoms with E-state index in [9.17, 15) is 0 Å². The summed E-state index contributed by atoms with van der Waals surface area (Å²) in [6.07, 6.45) is 0. The lowest BCUT2D eigenvalue weighted by Crippen LogP contribution is -2.01. The Morgan fingerprint density at radius 2 is 1.90 bits per heavy atom. The number of ether oxygens (including phenoxy) is 2. The number of rotatable bonds is 5. The van der Waals surface area contributed by atoms with E-state index in [2.05, 4.69) is 28.7 Å². The van der Waals surface area contributed by atoms with Crippen LogP contribution < -0.4 is 9.47 Å². The molecule has 0 amide bonds. The smallest absolute Gasteiger partial charge is 0.162 e. The van der Waals surface area contributed by atoms with Crippen LogP contribution >= 0.6 is 22.6 Å². The fraction of sp³-hybridized carbons (Fsp3) is 0.188. The van der Waals surface area contributed by atoms with Gasteiger partial charge in [0, 0.05) is 15.2 Å². The highest BCUT2D eigenvalue weighted by molar-refractivity contribution is 14.1. The third-order valence-corrected chi connectivity index (χ3v) is 3.77. The number of hydrogen-bond acceptors (Lipinski definition) is 3. The first-order valence-electron chi connectivity index (χ1n) is 6.27. The molecule has 0 unspecified atom stereocenters. The molecule has 3 nitrogen and oxygen atoms in total. The first kappa shape index (κ1) is 14.7. The summed E-state index contributed by atoms with van der Waals surface area (Å²) in [6.45, 7) is 2.92. The lowest BCUT2D eigenvalue weighted by atomic mass is 10.2. The average molecular weight is 379 g/mol. The maximum atomic E-state index is 8.92. The second-order valence-electron chi connectivity index (χ2n) is 4.09. The van der Waals surface area contributed by atoms with Gasteiger partial charge in [-0.25, -0.2) is 0 Å². The lowest BCUT2D eigenvalue weighted by Gasteiger charge is -2.12. The van der Waals surface area contributed by atoms with Gasteiger partial charge in [0.25, 0.3) is 0 Å². The van der Waals surface area contributed by atoms with Gasteiger partial charge in [0.05, 0.1) is 18.2 Å². The van der Waals surface area contributed by atoms with Crippen molar-refractivity contribution in [2.75, 3.05) is 6.61 Å². The summed E-state index contributed by atoms with van der Waals surface area (Å²) in [5.41, 5.74) is 1.69. The van der Waals surface area contributed by atoms with E-state index in [-0.39, 0.29) is 0 Å². The largest absolute Gasteiger partial charge is 0.490 e. The van der Waals surface area contributed by atoms with Gasteiger partial charge >= 0.3 is 0 Å². The van der Waals surface area contributed by atoms with Gasteiger partial charge in [-0.15, -0.1) is 0 Å². The molecule has 2 aromatic rings. The summed E-state index contributed by atoms with van der Waals surface area (Å²) >= 11 is 2.29. The molecule has 0 aliphatic rings. The van der Waals surface area contributed by atoms with Gasteiger partial charge in [-0.3, -0.25) is 0 Å². The fourth-order valence-corrected chi connectivity index (χ4v) is 2.28. The SMILES string of the molecule is CCOc1cc(C#N)ccc1OCc1ccccc1I. The van der Waals surface area contributed by atoms with Crippen LogP contribution in [0.15, 0.2) is 42.5 Å². The summed E-state index contributed by atoms with van der Waals surface area (Å²) in [4.78, 5) is 0. The summed E-state index contributed by atoms with van der Waals surface area (Å²) in [6, 6.07) is 15.4. The summed E-state index contributed by atoms with van der Waals surface area (Å²) in [5.74, 6) is 1.27. The molecule has 2 rings (SSSR count). The van der Waals surface area contributed by atoms with Crippen LogP contribution in [0.25, 0.3) is 0 Å². The van der Waals surface area contributed by atoms with E-state index in [4.69, 9.17) is 14.7 Å². The zero-order valence-electron chi connectivity index (χ0n) is 11.1. The molecule has 102 valence electrons. The van der Waals surface area contributed by atoms with Crippen molar-refractivity contribution in [3.05, 3.63) is 57.2 Å². The van der Waals surface area contributed by atoms with Gasteiger partial charge in [-0.1, -0.05) is 18.2 Å². The normalized spacial score (nSPS) is 9.85. The molecule has 0 radical (unpaired) electrons. The van der Waals surface area contributed by atoms with Crippen LogP contribution in [0.5, 0.6) is 11.5 Å². The molecule has 20 heavy (non-hydrogen) atoms. The maximum Gasteiger partial charge on any atom is 0.162 e. The third kappa shape index (κ3) is 3.64. The van der Waals surface area contributed by atoms with Crippen molar-refractivity contribution >= 4 is 22.6 Å². The number of halogens is 1. The fourth-order valence-electron chi connectivity index (χ4n) is 1.74. The minimum Gasteiger partial charge on any atom is -0.490 e. The van der Waals surface area contributed by atoms with E-state index < -0.39 is 0 Å². The van der Waals surface area contributed by atoms with Crippen molar-refractivity contribution in [3.63, 3.8) is 0 Å². The molecule has 0 aromatic heterocycles. The van der Waals surface area contributed by atoms with Crippen LogP contribution in [0.3, 0.4) is 0 Å². The van der Waals surface area contributed by atoms with E-state index in [0.717, 1.165) is 9.13 Å². The van der Waals surface area contributed by atoms with Gasteiger partial charge in [0.15, 0.2) is 11.5 Å². The molecular weight excluding hydrogens is 365 g/mol. The number of nitrogens with zero attached hydrogens (tertiary/aromatic N) is 1. The predicted molar refractivity (Wildman–Crippen MR) is 85.8 cm³/mol. The number of nitriles is 1. The van der Waals surface area contributed by atoms with Crippen LogP contribution in [0.1, 0.15) is 18.1 Å². The minimum absolute atomic E-state index is 0.477. The molecule has 0 bridgehead atoms. The molecule has 0 atom stereocenters. The molecule has 0 saturated carbocycles. The van der Waals surface area contributed by atoms with Crippen LogP contribution in [-0.2, 0) is 6.61 Å². The number of hydrogen-bond donors (Lipinski definition) is 0. The second-order valence-corrected chi connectivity index (χ2v) is 5.25. The van der Waals surface area contributed by atoms with Crippen molar-refractivity contribution in [2.24, 2.45) is 0 Å². The summed E-state index contributed by atoms with van der Waals surface area (Å²) < 4.78 is 12.5. The Balaban J connectivity index is 2.17. The zero-order valence-corrected chi connectivity index (χ0v) is 13.3. The molecule has 0 aliphatic carbocycles. The molecule has 0 heterocycles. The maximum absolute atomic E-state index is 8.92. The predicted octanol–water partition coefficient (Wildman–Crippen LogP) is 4.14. The molecule has 2 aromatic carbocycles. The Bertz CT molecular complexity index is 635. The minimum atomic E-state index is 0.477. The average Bonchev–Trinajstić information content (AvgIpc) is 2.47. The molecule has 0 spiro atoms. The van der Waals surface area contributed by atoms with Crippen LogP contribution in [-0.4, -0.2) is 6.61 Å². The van der Waals surface area contributed by atoms with Crippen LogP contribution in [0, 0.1) is 14.9 Å². The van der Waals surface area contributed by atoms with Crippen molar-refractivity contribution < 1.29 is 9.47 Å². The summed E-state index contributed by atoms with van der Waals surface area (Å²) in [7, 11) is 0. The summed E-state index contributed by atoms with van der Waals surface area (Å²) in [5, 5.41) is 8.92. The van der Waals surface area contributed by atoms with Gasteiger partial charge in [0.1, 0.15) is 6.61 Å². The molecule has 0 aliphatic heterocycles. The Morgan fingerprint density at radius 3 is 2.60 bits per heavy atom. The molecule has 4 heteroatoms. The van der Waals surface area contributed by atoms with E-state index in [1.165, 1.54) is 0 Å². The Hall–Kier alpha value is -1.74. The molecule has 0 N–H and O–H groups in total. The van der Waals surface area contributed by atoms with E-state index in [0.29, 0.717) is 30.3 Å². The molecule has 0 saturated heterocycles. The molecule has 0 fully saturated rings. The second kappa shape index (κ2) is 7.15. The van der Waals surface area contributed by atoms with Crippen molar-refractivity contribution in [3.8, 4) is 17.6 Å². The van der Waals surface area contributed by atoms with Gasteiger partial charge in [-0.05, 0) is 47.7 Å². The monoisotopic (exact) mass is 379 g/mol. The topological polar surface area (TPSA) is 42.2 Å². The lowest BCUT2D eigenvalue weighted by molar-refractivity contribution is 0.269. The third-order valence-electron chi connectivity index (χ3n) is 2.71. The van der Waals surface area contributed by atoms with Gasteiger partial charge in [-0.2, -0.15) is 5.26 Å². The van der Waals surface area contributed by atoms with E-state index in [1.807, 2.05) is 31.2 Å². The van der Waals surface area contributed by atoms with Crippen molar-refractivity contribution in [2.45, 2.75) is 13.5 Å². The standard InChI is InChI=1S/C16H14INO2/c1-2-19-16-9-12(10-18)7-8-15(16)20-11-13-5-3-4-6-14(13)17/h3-9H,2,11H2,1H3. The first-order chi connectivity index (χ1) is 9.74. The van der Waals surface area contributed by atoms with Crippen molar-refractivity contribution in [1.29, 1.82) is 5.26 Å². The molecular formula is C16H14INO2. The van der Waals surface area contributed by atoms with E-state index in [1.54, 1.807) is 18.2 Å². The first-order valence-corrected chi connectivity index (χ1v) is 7.35. The quantitative estimate of drug-likeness (QED) is 0.734. The van der Waals surface area contributed by atoms with Gasteiger partial charge in [0.2, 0.25) is 0 Å². The number of benzene rings is 2. The van der Waals surface area contributed by atoms with Crippen LogP contribution in [0.4, 0.5) is 0 Å². The highest BCUT2D eigenvalue weighted by Crippen LogP contribution is 2.29. The van der Waals surface area contributed by atoms with E-state index >= 15 is 0 Å². The van der Waals surface area contributed by atoms with Gasteiger partial charge < -0.3 is 9.47 Å². The zero-order chi connectivity index (χ0) is 14.4. The highest BCUT2D eigenvalue weighted by Gasteiger charge is 2.07. The van der Waals surface area contributed by atoms with Crippen molar-refractivity contribution in [1.82, 2.24) is 0 Å². The Labute approximate surface area is 132 Å². The Morgan fingerprint density at radius 1 is 1.10 bits per heavy atom. The highest BCUT2D eigenvalue weighted by atomic mass is 127. The Kier molecular flexibility index (Phi) is 5.24.